The van der Waals surface area contributed by atoms with Crippen molar-refractivity contribution in [1.29, 1.82) is 0 Å². The molecule has 0 aliphatic carbocycles. The molecule has 0 N–H and O–H groups in total. The Kier molecular flexibility index (Phi) is 1.72. The molecule has 2 aromatic rings. The third-order valence-electron chi connectivity index (χ3n) is 2.71. The summed E-state index contributed by atoms with van der Waals surface area (Å²) in [5.74, 6) is 0. The van der Waals surface area contributed by atoms with Gasteiger partial charge in [-0.1, -0.05) is 48.5 Å². The molecule has 1 aliphatic rings. The van der Waals surface area contributed by atoms with Gasteiger partial charge in [0.05, 0.1) is 7.41 Å². The van der Waals surface area contributed by atoms with Gasteiger partial charge in [0.2, 0.25) is 0 Å². The van der Waals surface area contributed by atoms with E-state index in [0.29, 0.717) is 0 Å². The maximum Gasteiger partial charge on any atom is 0.0718 e. The zero-order valence-electron chi connectivity index (χ0n) is 9.38. The van der Waals surface area contributed by atoms with Crippen LogP contribution in [-0.4, -0.2) is 6.52 Å². The minimum atomic E-state index is -0.134. The predicted molar refractivity (Wildman–Crippen MR) is 63.0 cm³/mol. The quantitative estimate of drug-likeness (QED) is 0.666. The maximum atomic E-state index is 8.01. The highest BCUT2D eigenvalue weighted by Gasteiger charge is 2.34. The summed E-state index contributed by atoms with van der Waals surface area (Å²) in [6, 6.07) is 20.6. The lowest BCUT2D eigenvalue weighted by atomic mass is 10.2. The van der Waals surface area contributed by atoms with Crippen LogP contribution in [0.5, 0.6) is 0 Å². The predicted octanol–water partition coefficient (Wildman–Crippen LogP) is 3.25. The minimum Gasteiger partial charge on any atom is -0.360 e. The second-order valence-electron chi connectivity index (χ2n) is 3.75. The summed E-state index contributed by atoms with van der Waals surface area (Å²) < 4.78 is 8.01. The van der Waals surface area contributed by atoms with Crippen LogP contribution in [-0.2, 0) is 0 Å². The van der Waals surface area contributed by atoms with Gasteiger partial charge >= 0.3 is 0 Å². The molecule has 1 nitrogen and oxygen atoms in total. The SMILES string of the molecule is [2H][C@@H]1[C@H](c2ccccc2)N1c1ccccc1. The Morgan fingerprint density at radius 2 is 1.53 bits per heavy atom. The van der Waals surface area contributed by atoms with Crippen LogP contribution in [0.3, 0.4) is 0 Å². The maximum absolute atomic E-state index is 8.01. The second-order valence-corrected chi connectivity index (χ2v) is 3.75. The van der Waals surface area contributed by atoms with Gasteiger partial charge in [0.25, 0.3) is 0 Å². The molecule has 15 heavy (non-hydrogen) atoms. The van der Waals surface area contributed by atoms with Gasteiger partial charge in [-0.2, -0.15) is 0 Å². The van der Waals surface area contributed by atoms with Crippen LogP contribution < -0.4 is 4.90 Å². The molecule has 1 saturated heterocycles. The third-order valence-corrected chi connectivity index (χ3v) is 2.71. The first-order chi connectivity index (χ1) is 7.88. The Morgan fingerprint density at radius 1 is 0.933 bits per heavy atom. The Morgan fingerprint density at radius 3 is 2.20 bits per heavy atom. The number of para-hydroxylation sites is 1. The summed E-state index contributed by atoms with van der Waals surface area (Å²) in [5, 5.41) is 0. The summed E-state index contributed by atoms with van der Waals surface area (Å²) in [6.07, 6.45) is 0. The third kappa shape index (κ3) is 1.61. The molecule has 2 atom stereocenters. The molecule has 1 fully saturated rings. The molecule has 0 saturated carbocycles. The first kappa shape index (κ1) is 7.52. The van der Waals surface area contributed by atoms with Crippen molar-refractivity contribution in [3.05, 3.63) is 66.2 Å². The number of benzene rings is 2. The highest BCUT2D eigenvalue weighted by Crippen LogP contribution is 2.39. The van der Waals surface area contributed by atoms with E-state index in [1.54, 1.807) is 0 Å². The highest BCUT2D eigenvalue weighted by molar-refractivity contribution is 5.56. The lowest BCUT2D eigenvalue weighted by molar-refractivity contribution is 1.13. The molecule has 0 radical (unpaired) electrons. The van der Waals surface area contributed by atoms with Gasteiger partial charge in [0.15, 0.2) is 0 Å². The normalized spacial score (nSPS) is 24.8. The molecule has 2 aromatic carbocycles. The van der Waals surface area contributed by atoms with E-state index in [1.165, 1.54) is 5.56 Å². The molecule has 0 spiro atoms. The van der Waals surface area contributed by atoms with Gasteiger partial charge in [-0.15, -0.1) is 0 Å². The standard InChI is InChI=1S/C14H13N/c1-3-7-12(8-4-1)14-11-15(14)13-9-5-2-6-10-13/h1-10,14H,11H2/t14-,15?/m1/s1/i11D/t11-,14-,15?. The van der Waals surface area contributed by atoms with E-state index in [2.05, 4.69) is 29.2 Å². The number of hydrogen-bond acceptors (Lipinski definition) is 1. The molecule has 0 aromatic heterocycles. The zero-order valence-corrected chi connectivity index (χ0v) is 8.38. The molecule has 1 aliphatic heterocycles. The molecule has 0 amide bonds. The van der Waals surface area contributed by atoms with Crippen molar-refractivity contribution in [2.45, 2.75) is 6.04 Å². The van der Waals surface area contributed by atoms with Crippen LogP contribution in [0, 0.1) is 0 Å². The van der Waals surface area contributed by atoms with E-state index in [0.717, 1.165) is 5.69 Å². The number of hydrogen-bond donors (Lipinski definition) is 0. The van der Waals surface area contributed by atoms with Crippen LogP contribution in [0.1, 0.15) is 13.0 Å². The van der Waals surface area contributed by atoms with Crippen molar-refractivity contribution in [3.63, 3.8) is 0 Å². The Balaban J connectivity index is 1.87. The Bertz CT molecular complexity index is 423. The first-order valence-electron chi connectivity index (χ1n) is 5.76. The molecule has 1 heterocycles. The fourth-order valence-corrected chi connectivity index (χ4v) is 1.86. The molecule has 3 rings (SSSR count). The highest BCUT2D eigenvalue weighted by atomic mass is 15.3. The number of nitrogens with zero attached hydrogens (tertiary/aromatic N) is 1. The van der Waals surface area contributed by atoms with E-state index < -0.39 is 0 Å². The van der Waals surface area contributed by atoms with Crippen molar-refractivity contribution < 1.29 is 1.37 Å². The van der Waals surface area contributed by atoms with Gasteiger partial charge in [0, 0.05) is 12.2 Å². The van der Waals surface area contributed by atoms with Gasteiger partial charge in [-0.3, -0.25) is 0 Å². The van der Waals surface area contributed by atoms with Gasteiger partial charge in [0.1, 0.15) is 0 Å². The molecule has 74 valence electrons. The van der Waals surface area contributed by atoms with E-state index in [1.807, 2.05) is 36.4 Å². The molecular weight excluding hydrogens is 182 g/mol. The van der Waals surface area contributed by atoms with E-state index in [4.69, 9.17) is 1.37 Å². The van der Waals surface area contributed by atoms with Crippen LogP contribution in [0.2, 0.25) is 0 Å². The van der Waals surface area contributed by atoms with Crippen LogP contribution in [0.15, 0.2) is 60.7 Å². The van der Waals surface area contributed by atoms with Crippen LogP contribution >= 0.6 is 0 Å². The number of rotatable bonds is 2. The largest absolute Gasteiger partial charge is 0.360 e. The fraction of sp³-hybridized carbons (Fsp3) is 0.143. The van der Waals surface area contributed by atoms with Gasteiger partial charge in [-0.05, 0) is 17.7 Å². The minimum absolute atomic E-state index is 0.134. The van der Waals surface area contributed by atoms with E-state index >= 15 is 0 Å². The van der Waals surface area contributed by atoms with Crippen LogP contribution in [0.25, 0.3) is 0 Å². The van der Waals surface area contributed by atoms with E-state index in [9.17, 15) is 0 Å². The van der Waals surface area contributed by atoms with Crippen molar-refractivity contribution in [2.24, 2.45) is 0 Å². The summed E-state index contributed by atoms with van der Waals surface area (Å²) in [7, 11) is 0. The first-order valence-corrected chi connectivity index (χ1v) is 5.18. The topological polar surface area (TPSA) is 3.01 Å². The van der Waals surface area contributed by atoms with Crippen molar-refractivity contribution in [3.8, 4) is 0 Å². The summed E-state index contributed by atoms with van der Waals surface area (Å²) in [4.78, 5) is 2.12. The number of anilines is 1. The van der Waals surface area contributed by atoms with Crippen molar-refractivity contribution in [2.75, 3.05) is 11.4 Å². The lowest BCUT2D eigenvalue weighted by Crippen LogP contribution is -1.93. The molecular formula is C14H13N. The van der Waals surface area contributed by atoms with Gasteiger partial charge < -0.3 is 4.90 Å². The molecule has 0 bridgehead atoms. The van der Waals surface area contributed by atoms with Gasteiger partial charge in [-0.25, -0.2) is 0 Å². The monoisotopic (exact) mass is 196 g/mol. The molecule has 0 unspecified atom stereocenters. The summed E-state index contributed by atoms with van der Waals surface area (Å²) in [5.41, 5.74) is 2.36. The lowest BCUT2D eigenvalue weighted by Gasteiger charge is -2.04. The average Bonchev–Trinajstić information content (AvgIpc) is 3.03. The van der Waals surface area contributed by atoms with Crippen LogP contribution in [0.4, 0.5) is 5.69 Å². The Hall–Kier alpha value is -1.76. The molecule has 1 heteroatoms. The second kappa shape index (κ2) is 3.43. The summed E-state index contributed by atoms with van der Waals surface area (Å²) in [6.45, 7) is -0.134. The van der Waals surface area contributed by atoms with Crippen molar-refractivity contribution in [1.82, 2.24) is 0 Å². The Labute approximate surface area is 91.4 Å². The zero-order chi connectivity index (χ0) is 11.0. The van der Waals surface area contributed by atoms with E-state index in [-0.39, 0.29) is 12.6 Å². The van der Waals surface area contributed by atoms with Crippen molar-refractivity contribution >= 4 is 5.69 Å². The smallest absolute Gasteiger partial charge is 0.0718 e. The summed E-state index contributed by atoms with van der Waals surface area (Å²) >= 11 is 0. The fourth-order valence-electron chi connectivity index (χ4n) is 1.86. The average molecular weight is 196 g/mol.